The van der Waals surface area contributed by atoms with Gasteiger partial charge in [-0.15, -0.1) is 0 Å². The Morgan fingerprint density at radius 2 is 1.90 bits per heavy atom. The summed E-state index contributed by atoms with van der Waals surface area (Å²) >= 11 is 0. The molecule has 0 spiro atoms. The quantitative estimate of drug-likeness (QED) is 0.804. The number of amides is 1. The van der Waals surface area contributed by atoms with Crippen molar-refractivity contribution in [3.05, 3.63) is 18.2 Å². The number of sulfone groups is 1. The van der Waals surface area contributed by atoms with Gasteiger partial charge >= 0.3 is 0 Å². The SMILES string of the molecule is CCN(CC(=O)N(C)C)c1ccc(S(C)(=O)=O)cc1N. The minimum atomic E-state index is -3.28. The minimum Gasteiger partial charge on any atom is -0.397 e. The van der Waals surface area contributed by atoms with Crippen LogP contribution in [0, 0.1) is 0 Å². The normalized spacial score (nSPS) is 11.2. The molecule has 0 fully saturated rings. The predicted octanol–water partition coefficient (Wildman–Crippen LogP) is 0.587. The van der Waals surface area contributed by atoms with Crippen LogP contribution < -0.4 is 10.6 Å². The molecule has 0 heterocycles. The summed E-state index contributed by atoms with van der Waals surface area (Å²) in [5, 5.41) is 0. The first-order chi connectivity index (χ1) is 9.16. The van der Waals surface area contributed by atoms with Crippen LogP contribution in [-0.4, -0.2) is 52.7 Å². The monoisotopic (exact) mass is 299 g/mol. The fraction of sp³-hybridized carbons (Fsp3) is 0.462. The van der Waals surface area contributed by atoms with Gasteiger partial charge in [0.15, 0.2) is 9.84 Å². The van der Waals surface area contributed by atoms with E-state index in [0.717, 1.165) is 6.26 Å². The minimum absolute atomic E-state index is 0.0431. The van der Waals surface area contributed by atoms with Crippen LogP contribution in [0.4, 0.5) is 11.4 Å². The number of hydrogen-bond acceptors (Lipinski definition) is 5. The second kappa shape index (κ2) is 6.13. The summed E-state index contributed by atoms with van der Waals surface area (Å²) in [5.74, 6) is -0.0431. The molecule has 1 amide bonds. The van der Waals surface area contributed by atoms with Gasteiger partial charge in [0, 0.05) is 26.9 Å². The molecule has 0 bridgehead atoms. The molecular weight excluding hydrogens is 278 g/mol. The maximum Gasteiger partial charge on any atom is 0.241 e. The highest BCUT2D eigenvalue weighted by molar-refractivity contribution is 7.90. The van der Waals surface area contributed by atoms with Gasteiger partial charge in [0.25, 0.3) is 0 Å². The Bertz CT molecular complexity index is 597. The Balaban J connectivity index is 3.09. The van der Waals surface area contributed by atoms with Gasteiger partial charge in [-0.2, -0.15) is 0 Å². The second-order valence-corrected chi connectivity index (χ2v) is 6.81. The van der Waals surface area contributed by atoms with E-state index >= 15 is 0 Å². The number of carbonyl (C=O) groups excluding carboxylic acids is 1. The molecule has 0 saturated heterocycles. The topological polar surface area (TPSA) is 83.7 Å². The molecule has 0 aliphatic carbocycles. The van der Waals surface area contributed by atoms with Crippen molar-refractivity contribution < 1.29 is 13.2 Å². The standard InChI is InChI=1S/C13H21N3O3S/c1-5-16(9-13(17)15(2)3)12-7-6-10(8-11(12)14)20(4,18)19/h6-8H,5,9,14H2,1-4H3. The van der Waals surface area contributed by atoms with Gasteiger partial charge in [-0.3, -0.25) is 4.79 Å². The van der Waals surface area contributed by atoms with Crippen molar-refractivity contribution in [3.8, 4) is 0 Å². The molecule has 0 saturated carbocycles. The molecule has 20 heavy (non-hydrogen) atoms. The number of carbonyl (C=O) groups is 1. The van der Waals surface area contributed by atoms with Crippen molar-refractivity contribution in [3.63, 3.8) is 0 Å². The van der Waals surface area contributed by atoms with Crippen LogP contribution in [0.5, 0.6) is 0 Å². The van der Waals surface area contributed by atoms with Gasteiger partial charge in [0.2, 0.25) is 5.91 Å². The zero-order valence-electron chi connectivity index (χ0n) is 12.3. The first-order valence-corrected chi connectivity index (χ1v) is 8.10. The Hall–Kier alpha value is -1.76. The summed E-state index contributed by atoms with van der Waals surface area (Å²) in [6.07, 6.45) is 1.13. The molecular formula is C13H21N3O3S. The third kappa shape index (κ3) is 3.86. The number of nitrogens with two attached hydrogens (primary N) is 1. The van der Waals surface area contributed by atoms with Gasteiger partial charge in [-0.25, -0.2) is 8.42 Å². The maximum atomic E-state index is 11.8. The Morgan fingerprint density at radius 3 is 2.30 bits per heavy atom. The van der Waals surface area contributed by atoms with Crippen LogP contribution in [-0.2, 0) is 14.6 Å². The van der Waals surface area contributed by atoms with Crippen molar-refractivity contribution in [1.82, 2.24) is 4.90 Å². The van der Waals surface area contributed by atoms with Crippen molar-refractivity contribution in [2.75, 3.05) is 44.1 Å². The summed E-state index contributed by atoms with van der Waals surface area (Å²) in [4.78, 5) is 15.3. The molecule has 0 aliphatic rings. The number of rotatable bonds is 5. The van der Waals surface area contributed by atoms with Crippen molar-refractivity contribution in [2.45, 2.75) is 11.8 Å². The Kier molecular flexibility index (Phi) is 4.99. The third-order valence-corrected chi connectivity index (χ3v) is 4.08. The molecule has 1 aromatic carbocycles. The highest BCUT2D eigenvalue weighted by atomic mass is 32.2. The van der Waals surface area contributed by atoms with E-state index in [4.69, 9.17) is 5.73 Å². The highest BCUT2D eigenvalue weighted by Crippen LogP contribution is 2.26. The molecule has 0 aromatic heterocycles. The molecule has 6 nitrogen and oxygen atoms in total. The van der Waals surface area contributed by atoms with E-state index in [0.29, 0.717) is 17.9 Å². The Morgan fingerprint density at radius 1 is 1.30 bits per heavy atom. The summed E-state index contributed by atoms with van der Waals surface area (Å²) in [7, 11) is 0.0889. The smallest absolute Gasteiger partial charge is 0.241 e. The first kappa shape index (κ1) is 16.3. The molecule has 1 rings (SSSR count). The van der Waals surface area contributed by atoms with Crippen LogP contribution in [0.25, 0.3) is 0 Å². The zero-order valence-corrected chi connectivity index (χ0v) is 13.1. The average Bonchev–Trinajstić information content (AvgIpc) is 2.34. The highest BCUT2D eigenvalue weighted by Gasteiger charge is 2.16. The lowest BCUT2D eigenvalue weighted by atomic mass is 10.2. The molecule has 0 radical (unpaired) electrons. The number of nitrogen functional groups attached to an aromatic ring is 1. The number of hydrogen-bond donors (Lipinski definition) is 1. The van der Waals surface area contributed by atoms with E-state index in [-0.39, 0.29) is 17.3 Å². The van der Waals surface area contributed by atoms with E-state index in [1.54, 1.807) is 20.2 Å². The van der Waals surface area contributed by atoms with Crippen LogP contribution in [0.1, 0.15) is 6.92 Å². The lowest BCUT2D eigenvalue weighted by Crippen LogP contribution is -2.36. The van der Waals surface area contributed by atoms with Crippen LogP contribution in [0.3, 0.4) is 0 Å². The first-order valence-electron chi connectivity index (χ1n) is 6.21. The van der Waals surface area contributed by atoms with Gasteiger partial charge in [-0.1, -0.05) is 0 Å². The number of anilines is 2. The summed E-state index contributed by atoms with van der Waals surface area (Å²) in [6, 6.07) is 4.56. The van der Waals surface area contributed by atoms with Crippen LogP contribution in [0.15, 0.2) is 23.1 Å². The molecule has 1 aromatic rings. The van der Waals surface area contributed by atoms with Crippen molar-refractivity contribution in [2.24, 2.45) is 0 Å². The van der Waals surface area contributed by atoms with Crippen molar-refractivity contribution in [1.29, 1.82) is 0 Å². The molecule has 112 valence electrons. The molecule has 7 heteroatoms. The molecule has 0 aliphatic heterocycles. The molecule has 0 atom stereocenters. The summed E-state index contributed by atoms with van der Waals surface area (Å²) in [5.41, 5.74) is 6.93. The van der Waals surface area contributed by atoms with Gasteiger partial charge in [0.05, 0.1) is 22.8 Å². The van der Waals surface area contributed by atoms with E-state index in [9.17, 15) is 13.2 Å². The zero-order chi connectivity index (χ0) is 15.5. The van der Waals surface area contributed by atoms with Crippen LogP contribution in [0.2, 0.25) is 0 Å². The predicted molar refractivity (Wildman–Crippen MR) is 80.5 cm³/mol. The van der Waals surface area contributed by atoms with Crippen LogP contribution >= 0.6 is 0 Å². The van der Waals surface area contributed by atoms with Gasteiger partial charge in [-0.05, 0) is 25.1 Å². The van der Waals surface area contributed by atoms with Crippen molar-refractivity contribution >= 4 is 27.1 Å². The molecule has 2 N–H and O–H groups in total. The summed E-state index contributed by atoms with van der Waals surface area (Å²) in [6.45, 7) is 2.71. The van der Waals surface area contributed by atoms with Gasteiger partial charge < -0.3 is 15.5 Å². The van der Waals surface area contributed by atoms with Gasteiger partial charge in [0.1, 0.15) is 0 Å². The number of nitrogens with zero attached hydrogens (tertiary/aromatic N) is 2. The average molecular weight is 299 g/mol. The molecule has 0 unspecified atom stereocenters. The Labute approximate surface area is 120 Å². The largest absolute Gasteiger partial charge is 0.397 e. The number of benzene rings is 1. The van der Waals surface area contributed by atoms with E-state index in [2.05, 4.69) is 0 Å². The maximum absolute atomic E-state index is 11.8. The fourth-order valence-corrected chi connectivity index (χ4v) is 2.38. The van der Waals surface area contributed by atoms with E-state index in [1.807, 2.05) is 11.8 Å². The summed E-state index contributed by atoms with van der Waals surface area (Å²) < 4.78 is 22.9. The second-order valence-electron chi connectivity index (χ2n) is 4.80. The third-order valence-electron chi connectivity index (χ3n) is 2.97. The van der Waals surface area contributed by atoms with E-state index in [1.165, 1.54) is 17.0 Å². The van der Waals surface area contributed by atoms with E-state index < -0.39 is 9.84 Å². The lowest BCUT2D eigenvalue weighted by Gasteiger charge is -2.25. The number of likely N-dealkylation sites (N-methyl/N-ethyl adjacent to an activating group) is 2. The lowest BCUT2D eigenvalue weighted by molar-refractivity contribution is -0.127. The fourth-order valence-electron chi connectivity index (χ4n) is 1.72.